The third kappa shape index (κ3) is 4.94. The number of aryl methyl sites for hydroxylation is 1. The first-order chi connectivity index (χ1) is 13.6. The van der Waals surface area contributed by atoms with Gasteiger partial charge in [-0.05, 0) is 43.5 Å². The first kappa shape index (κ1) is 19.5. The first-order valence-corrected chi connectivity index (χ1v) is 9.59. The lowest BCUT2D eigenvalue weighted by atomic mass is 10.1. The molecule has 0 fully saturated rings. The zero-order chi connectivity index (χ0) is 19.9. The Hall–Kier alpha value is -3.21. The van der Waals surface area contributed by atoms with E-state index in [1.807, 2.05) is 56.3 Å². The summed E-state index contributed by atoms with van der Waals surface area (Å²) in [5.41, 5.74) is 3.66. The van der Waals surface area contributed by atoms with Crippen LogP contribution in [0.25, 0.3) is 0 Å². The average Bonchev–Trinajstić information content (AvgIpc) is 2.73. The number of anilines is 2. The number of aromatic nitrogens is 2. The topological polar surface area (TPSA) is 58.1 Å². The van der Waals surface area contributed by atoms with E-state index in [9.17, 15) is 4.79 Å². The van der Waals surface area contributed by atoms with Crippen LogP contribution < -0.4 is 5.32 Å². The van der Waals surface area contributed by atoms with Gasteiger partial charge in [0.15, 0.2) is 0 Å². The molecule has 28 heavy (non-hydrogen) atoms. The van der Waals surface area contributed by atoms with Crippen molar-refractivity contribution in [2.24, 2.45) is 0 Å². The number of carbonyl (C=O) groups excluding carboxylic acids is 1. The summed E-state index contributed by atoms with van der Waals surface area (Å²) in [7, 11) is 0. The van der Waals surface area contributed by atoms with E-state index in [0.29, 0.717) is 18.1 Å². The fourth-order valence-electron chi connectivity index (χ4n) is 2.89. The van der Waals surface area contributed by atoms with Crippen LogP contribution in [0.4, 0.5) is 11.5 Å². The summed E-state index contributed by atoms with van der Waals surface area (Å²) in [6, 6.07) is 18.2. The molecule has 0 saturated carbocycles. The van der Waals surface area contributed by atoms with Gasteiger partial charge in [-0.1, -0.05) is 49.4 Å². The molecule has 0 radical (unpaired) electrons. The van der Waals surface area contributed by atoms with E-state index < -0.39 is 0 Å². The molecule has 1 amide bonds. The Morgan fingerprint density at radius 2 is 1.68 bits per heavy atom. The normalized spacial score (nSPS) is 10.7. The van der Waals surface area contributed by atoms with Crippen LogP contribution in [0.5, 0.6) is 0 Å². The fraction of sp³-hybridized carbons (Fsp3) is 0.261. The summed E-state index contributed by atoms with van der Waals surface area (Å²) in [6.07, 6.45) is 4.14. The Morgan fingerprint density at radius 3 is 2.25 bits per heavy atom. The molecule has 0 spiro atoms. The molecule has 0 aliphatic heterocycles. The number of hydrogen-bond acceptors (Lipinski definition) is 4. The summed E-state index contributed by atoms with van der Waals surface area (Å²) in [5, 5.41) is 3.21. The predicted molar refractivity (Wildman–Crippen MR) is 113 cm³/mol. The number of benzene rings is 2. The SMILES string of the molecule is CCc1ccc(Nc2cnc(C(=O)N(Cc3ccccc3)C(C)C)cn2)cc1. The molecule has 1 N–H and O–H groups in total. The molecule has 5 nitrogen and oxygen atoms in total. The van der Waals surface area contributed by atoms with Gasteiger partial charge in [-0.2, -0.15) is 0 Å². The summed E-state index contributed by atoms with van der Waals surface area (Å²) in [6.45, 7) is 6.68. The van der Waals surface area contributed by atoms with E-state index in [-0.39, 0.29) is 11.9 Å². The van der Waals surface area contributed by atoms with E-state index in [1.165, 1.54) is 11.8 Å². The lowest BCUT2D eigenvalue weighted by Crippen LogP contribution is -2.36. The Bertz CT molecular complexity index is 890. The van der Waals surface area contributed by atoms with E-state index in [1.54, 1.807) is 11.1 Å². The highest BCUT2D eigenvalue weighted by atomic mass is 16.2. The first-order valence-electron chi connectivity index (χ1n) is 9.59. The number of nitrogens with one attached hydrogen (secondary N) is 1. The third-order valence-electron chi connectivity index (χ3n) is 4.59. The number of hydrogen-bond donors (Lipinski definition) is 1. The van der Waals surface area contributed by atoms with Crippen molar-refractivity contribution in [3.63, 3.8) is 0 Å². The van der Waals surface area contributed by atoms with Crippen LogP contribution in [0.2, 0.25) is 0 Å². The Labute approximate surface area is 166 Å². The highest BCUT2D eigenvalue weighted by molar-refractivity contribution is 5.92. The molecule has 0 saturated heterocycles. The summed E-state index contributed by atoms with van der Waals surface area (Å²) in [5.74, 6) is 0.491. The van der Waals surface area contributed by atoms with Crippen molar-refractivity contribution in [3.8, 4) is 0 Å². The molecule has 0 aliphatic rings. The molecule has 0 atom stereocenters. The zero-order valence-electron chi connectivity index (χ0n) is 16.6. The summed E-state index contributed by atoms with van der Waals surface area (Å²) in [4.78, 5) is 23.4. The van der Waals surface area contributed by atoms with Crippen LogP contribution in [0.15, 0.2) is 67.0 Å². The van der Waals surface area contributed by atoms with Gasteiger partial charge in [0.25, 0.3) is 5.91 Å². The van der Waals surface area contributed by atoms with Gasteiger partial charge in [-0.3, -0.25) is 4.79 Å². The van der Waals surface area contributed by atoms with Gasteiger partial charge in [0.2, 0.25) is 0 Å². The zero-order valence-corrected chi connectivity index (χ0v) is 16.6. The molecule has 144 valence electrons. The van der Waals surface area contributed by atoms with Crippen LogP contribution in [-0.2, 0) is 13.0 Å². The minimum atomic E-state index is -0.120. The van der Waals surface area contributed by atoms with Crippen molar-refractivity contribution in [2.75, 3.05) is 5.32 Å². The van der Waals surface area contributed by atoms with Crippen LogP contribution in [0.1, 0.15) is 42.4 Å². The van der Waals surface area contributed by atoms with Gasteiger partial charge in [0.05, 0.1) is 12.4 Å². The lowest BCUT2D eigenvalue weighted by molar-refractivity contribution is 0.0684. The maximum atomic E-state index is 12.9. The largest absolute Gasteiger partial charge is 0.339 e. The van der Waals surface area contributed by atoms with Gasteiger partial charge in [-0.25, -0.2) is 9.97 Å². The highest BCUT2D eigenvalue weighted by Gasteiger charge is 2.20. The number of nitrogens with zero attached hydrogens (tertiary/aromatic N) is 3. The van der Waals surface area contributed by atoms with Gasteiger partial charge in [0, 0.05) is 18.3 Å². The van der Waals surface area contributed by atoms with E-state index in [2.05, 4.69) is 34.3 Å². The Morgan fingerprint density at radius 1 is 0.964 bits per heavy atom. The molecule has 5 heteroatoms. The van der Waals surface area contributed by atoms with Crippen molar-refractivity contribution in [1.82, 2.24) is 14.9 Å². The minimum absolute atomic E-state index is 0.0596. The van der Waals surface area contributed by atoms with E-state index in [4.69, 9.17) is 0 Å². The van der Waals surface area contributed by atoms with Crippen LogP contribution in [0, 0.1) is 0 Å². The van der Waals surface area contributed by atoms with Crippen molar-refractivity contribution < 1.29 is 4.79 Å². The van der Waals surface area contributed by atoms with E-state index >= 15 is 0 Å². The minimum Gasteiger partial charge on any atom is -0.339 e. The van der Waals surface area contributed by atoms with E-state index in [0.717, 1.165) is 17.7 Å². The molecule has 3 rings (SSSR count). The Balaban J connectivity index is 1.70. The number of amides is 1. The second-order valence-electron chi connectivity index (χ2n) is 6.97. The summed E-state index contributed by atoms with van der Waals surface area (Å²) < 4.78 is 0. The molecule has 0 aliphatic carbocycles. The third-order valence-corrected chi connectivity index (χ3v) is 4.59. The monoisotopic (exact) mass is 374 g/mol. The molecule has 2 aromatic carbocycles. The highest BCUT2D eigenvalue weighted by Crippen LogP contribution is 2.16. The van der Waals surface area contributed by atoms with Crippen LogP contribution >= 0.6 is 0 Å². The molecule has 1 heterocycles. The summed E-state index contributed by atoms with van der Waals surface area (Å²) >= 11 is 0. The second kappa shape index (κ2) is 9.13. The van der Waals surface area contributed by atoms with Gasteiger partial charge < -0.3 is 10.2 Å². The van der Waals surface area contributed by atoms with Crippen molar-refractivity contribution >= 4 is 17.4 Å². The Kier molecular flexibility index (Phi) is 6.37. The molecule has 1 aromatic heterocycles. The number of rotatable bonds is 7. The van der Waals surface area contributed by atoms with Crippen LogP contribution in [0.3, 0.4) is 0 Å². The molecule has 0 unspecified atom stereocenters. The number of carbonyl (C=O) groups is 1. The smallest absolute Gasteiger partial charge is 0.274 e. The lowest BCUT2D eigenvalue weighted by Gasteiger charge is -2.26. The molecular formula is C23H26N4O. The van der Waals surface area contributed by atoms with Crippen LogP contribution in [-0.4, -0.2) is 26.8 Å². The molecule has 3 aromatic rings. The van der Waals surface area contributed by atoms with Crippen molar-refractivity contribution in [3.05, 3.63) is 83.8 Å². The van der Waals surface area contributed by atoms with Gasteiger partial charge in [0.1, 0.15) is 11.5 Å². The molecular weight excluding hydrogens is 348 g/mol. The second-order valence-corrected chi connectivity index (χ2v) is 6.97. The van der Waals surface area contributed by atoms with Crippen molar-refractivity contribution in [1.29, 1.82) is 0 Å². The van der Waals surface area contributed by atoms with Crippen molar-refractivity contribution in [2.45, 2.75) is 39.8 Å². The maximum Gasteiger partial charge on any atom is 0.274 e. The average molecular weight is 374 g/mol. The fourth-order valence-corrected chi connectivity index (χ4v) is 2.89. The predicted octanol–water partition coefficient (Wildman–Crippen LogP) is 4.83. The standard InChI is InChI=1S/C23H26N4O/c1-4-18-10-12-20(13-11-18)26-22-15-24-21(14-25-22)23(28)27(17(2)3)16-19-8-6-5-7-9-19/h5-15,17H,4,16H2,1-3H3,(H,25,26). The van der Waals surface area contributed by atoms with Gasteiger partial charge in [-0.15, -0.1) is 0 Å². The molecule has 0 bridgehead atoms. The van der Waals surface area contributed by atoms with Gasteiger partial charge >= 0.3 is 0 Å². The maximum absolute atomic E-state index is 12.9. The quantitative estimate of drug-likeness (QED) is 0.643.